The van der Waals surface area contributed by atoms with Gasteiger partial charge in [0, 0.05) is 25.0 Å². The molecule has 6 nitrogen and oxygen atoms in total. The van der Waals surface area contributed by atoms with Crippen LogP contribution in [0.25, 0.3) is 12.2 Å². The fourth-order valence-electron chi connectivity index (χ4n) is 1.79. The second-order valence-corrected chi connectivity index (χ2v) is 4.77. The van der Waals surface area contributed by atoms with E-state index in [9.17, 15) is 4.79 Å². The summed E-state index contributed by atoms with van der Waals surface area (Å²) in [6.45, 7) is 3.81. The Morgan fingerprint density at radius 2 is 2.10 bits per heavy atom. The van der Waals surface area contributed by atoms with Gasteiger partial charge in [-0.15, -0.1) is 0 Å². The van der Waals surface area contributed by atoms with E-state index in [4.69, 9.17) is 5.11 Å². The molecule has 0 saturated carbocycles. The normalized spacial score (nSPS) is 11.4. The van der Waals surface area contributed by atoms with Gasteiger partial charge in [-0.05, 0) is 18.1 Å². The predicted molar refractivity (Wildman–Crippen MR) is 75.2 cm³/mol. The number of aromatic carboxylic acids is 1. The second-order valence-electron chi connectivity index (χ2n) is 4.77. The summed E-state index contributed by atoms with van der Waals surface area (Å²) in [4.78, 5) is 19.5. The van der Waals surface area contributed by atoms with Crippen LogP contribution >= 0.6 is 0 Å². The van der Waals surface area contributed by atoms with E-state index >= 15 is 0 Å². The van der Waals surface area contributed by atoms with Gasteiger partial charge in [-0.2, -0.15) is 5.10 Å². The Hall–Kier alpha value is -2.50. The molecule has 2 rings (SSSR count). The van der Waals surface area contributed by atoms with Crippen molar-refractivity contribution in [2.24, 2.45) is 7.05 Å². The van der Waals surface area contributed by atoms with Crippen LogP contribution < -0.4 is 0 Å². The van der Waals surface area contributed by atoms with Crippen LogP contribution in [0.5, 0.6) is 0 Å². The minimum absolute atomic E-state index is 0.0228. The fraction of sp³-hybridized carbons (Fsp3) is 0.286. The van der Waals surface area contributed by atoms with Crippen LogP contribution in [0.1, 0.15) is 47.2 Å². The van der Waals surface area contributed by atoms with Gasteiger partial charge in [0.15, 0.2) is 5.82 Å². The molecule has 0 spiro atoms. The van der Waals surface area contributed by atoms with Crippen molar-refractivity contribution in [2.45, 2.75) is 19.8 Å². The van der Waals surface area contributed by atoms with E-state index in [2.05, 4.69) is 15.1 Å². The van der Waals surface area contributed by atoms with Gasteiger partial charge in [-0.3, -0.25) is 4.68 Å². The molecule has 0 unspecified atom stereocenters. The quantitative estimate of drug-likeness (QED) is 0.922. The third-order valence-corrected chi connectivity index (χ3v) is 2.76. The maximum absolute atomic E-state index is 11.1. The molecule has 1 N–H and O–H groups in total. The lowest BCUT2D eigenvalue weighted by Crippen LogP contribution is -2.08. The largest absolute Gasteiger partial charge is 0.478 e. The van der Waals surface area contributed by atoms with Crippen molar-refractivity contribution >= 4 is 18.1 Å². The average Bonchev–Trinajstić information content (AvgIpc) is 2.81. The van der Waals surface area contributed by atoms with Crippen molar-refractivity contribution in [3.05, 3.63) is 41.2 Å². The van der Waals surface area contributed by atoms with Gasteiger partial charge in [0.05, 0.1) is 17.5 Å². The lowest BCUT2D eigenvalue weighted by molar-refractivity contribution is 0.0694. The highest BCUT2D eigenvalue weighted by Crippen LogP contribution is 2.17. The molecular weight excluding hydrogens is 256 g/mol. The van der Waals surface area contributed by atoms with E-state index in [1.165, 1.54) is 6.20 Å². The molecule has 0 aliphatic rings. The molecule has 0 aliphatic carbocycles. The van der Waals surface area contributed by atoms with E-state index in [1.807, 2.05) is 33.2 Å². The highest BCUT2D eigenvalue weighted by Gasteiger charge is 2.15. The molecule has 0 aromatic carbocycles. The van der Waals surface area contributed by atoms with Crippen molar-refractivity contribution in [3.8, 4) is 0 Å². The first-order valence-corrected chi connectivity index (χ1v) is 6.24. The van der Waals surface area contributed by atoms with Gasteiger partial charge in [0.25, 0.3) is 0 Å². The monoisotopic (exact) mass is 272 g/mol. The Kier molecular flexibility index (Phi) is 3.93. The molecule has 104 valence electrons. The maximum atomic E-state index is 11.1. The zero-order valence-electron chi connectivity index (χ0n) is 11.6. The summed E-state index contributed by atoms with van der Waals surface area (Å²) in [5.74, 6) is -0.492. The summed E-state index contributed by atoms with van der Waals surface area (Å²) < 4.78 is 1.70. The molecule has 2 heterocycles. The van der Waals surface area contributed by atoms with E-state index in [0.717, 1.165) is 5.56 Å². The molecule has 0 saturated heterocycles. The summed E-state index contributed by atoms with van der Waals surface area (Å²) in [5.41, 5.74) is 1.63. The number of nitrogens with zero attached hydrogens (tertiary/aromatic N) is 4. The SMILES string of the molecule is CC(C)c1nc(/C=C/c2cnn(C)c2)ncc1C(=O)O. The number of rotatable bonds is 4. The van der Waals surface area contributed by atoms with Crippen LogP contribution in [0.3, 0.4) is 0 Å². The lowest BCUT2D eigenvalue weighted by atomic mass is 10.1. The Balaban J connectivity index is 2.31. The predicted octanol–water partition coefficient (Wildman–Crippen LogP) is 2.20. The first kappa shape index (κ1) is 13.9. The highest BCUT2D eigenvalue weighted by atomic mass is 16.4. The van der Waals surface area contributed by atoms with Gasteiger partial charge < -0.3 is 5.11 Å². The fourth-order valence-corrected chi connectivity index (χ4v) is 1.79. The van der Waals surface area contributed by atoms with Gasteiger partial charge in [-0.25, -0.2) is 14.8 Å². The number of aromatic nitrogens is 4. The summed E-state index contributed by atoms with van der Waals surface area (Å²) in [5, 5.41) is 13.2. The number of carboxylic acids is 1. The van der Waals surface area contributed by atoms with Gasteiger partial charge in [0.1, 0.15) is 0 Å². The van der Waals surface area contributed by atoms with Crippen molar-refractivity contribution in [3.63, 3.8) is 0 Å². The summed E-state index contributed by atoms with van der Waals surface area (Å²) >= 11 is 0. The topological polar surface area (TPSA) is 80.9 Å². The standard InChI is InChI=1S/C14H16N4O2/c1-9(2)13-11(14(19)20)7-15-12(17-13)5-4-10-6-16-18(3)8-10/h4-9H,1-3H3,(H,19,20)/b5-4+. The third-order valence-electron chi connectivity index (χ3n) is 2.76. The van der Waals surface area contributed by atoms with Gasteiger partial charge in [0.2, 0.25) is 0 Å². The number of carbonyl (C=O) groups is 1. The average molecular weight is 272 g/mol. The number of hydrogen-bond donors (Lipinski definition) is 1. The van der Waals surface area contributed by atoms with Crippen LogP contribution in [0, 0.1) is 0 Å². The minimum Gasteiger partial charge on any atom is -0.478 e. The molecule has 0 amide bonds. The van der Waals surface area contributed by atoms with Crippen molar-refractivity contribution in [2.75, 3.05) is 0 Å². The van der Waals surface area contributed by atoms with Crippen LogP contribution in [0.4, 0.5) is 0 Å². The molecule has 2 aromatic rings. The molecule has 20 heavy (non-hydrogen) atoms. The molecule has 0 atom stereocenters. The maximum Gasteiger partial charge on any atom is 0.339 e. The van der Waals surface area contributed by atoms with Crippen LogP contribution in [-0.4, -0.2) is 30.8 Å². The molecule has 2 aromatic heterocycles. The first-order chi connectivity index (χ1) is 9.47. The zero-order chi connectivity index (χ0) is 14.7. The number of hydrogen-bond acceptors (Lipinski definition) is 4. The van der Waals surface area contributed by atoms with Crippen LogP contribution in [0.2, 0.25) is 0 Å². The van der Waals surface area contributed by atoms with E-state index in [-0.39, 0.29) is 11.5 Å². The molecule has 0 radical (unpaired) electrons. The van der Waals surface area contributed by atoms with Gasteiger partial charge >= 0.3 is 5.97 Å². The molecular formula is C14H16N4O2. The number of aryl methyl sites for hydroxylation is 1. The first-order valence-electron chi connectivity index (χ1n) is 6.24. The summed E-state index contributed by atoms with van der Waals surface area (Å²) in [6, 6.07) is 0. The number of carboxylic acid groups (broad SMARTS) is 1. The van der Waals surface area contributed by atoms with E-state index in [1.54, 1.807) is 17.0 Å². The van der Waals surface area contributed by atoms with Crippen molar-refractivity contribution in [1.29, 1.82) is 0 Å². The third kappa shape index (κ3) is 3.09. The van der Waals surface area contributed by atoms with Crippen LogP contribution in [-0.2, 0) is 7.05 Å². The summed E-state index contributed by atoms with van der Waals surface area (Å²) in [6.07, 6.45) is 8.53. The lowest BCUT2D eigenvalue weighted by Gasteiger charge is -2.08. The van der Waals surface area contributed by atoms with E-state index in [0.29, 0.717) is 11.5 Å². The Morgan fingerprint density at radius 1 is 1.35 bits per heavy atom. The Labute approximate surface area is 116 Å². The van der Waals surface area contributed by atoms with Crippen molar-refractivity contribution < 1.29 is 9.90 Å². The molecule has 0 aliphatic heterocycles. The Morgan fingerprint density at radius 3 is 2.65 bits per heavy atom. The minimum atomic E-state index is -1.00. The second kappa shape index (κ2) is 5.64. The highest BCUT2D eigenvalue weighted by molar-refractivity contribution is 5.88. The van der Waals surface area contributed by atoms with Gasteiger partial charge in [-0.1, -0.05) is 13.8 Å². The zero-order valence-corrected chi connectivity index (χ0v) is 11.6. The van der Waals surface area contributed by atoms with Crippen LogP contribution in [0.15, 0.2) is 18.6 Å². The van der Waals surface area contributed by atoms with E-state index < -0.39 is 5.97 Å². The summed E-state index contributed by atoms with van der Waals surface area (Å²) in [7, 11) is 1.84. The Bertz CT molecular complexity index is 659. The molecule has 0 bridgehead atoms. The van der Waals surface area contributed by atoms with Crippen molar-refractivity contribution in [1.82, 2.24) is 19.7 Å². The molecule has 6 heteroatoms. The molecule has 0 fully saturated rings. The smallest absolute Gasteiger partial charge is 0.339 e.